The zero-order valence-corrected chi connectivity index (χ0v) is 14.1. The van der Waals surface area contributed by atoms with Crippen LogP contribution >= 0.6 is 11.6 Å². The number of hydrogen-bond donors (Lipinski definition) is 4. The Morgan fingerprint density at radius 3 is 2.22 bits per heavy atom. The van der Waals surface area contributed by atoms with Crippen LogP contribution < -0.4 is 26.5 Å². The average molecular weight is 404 g/mol. The molecule has 2 aromatic rings. The molecule has 11 heteroatoms. The number of benzene rings is 2. The highest BCUT2D eigenvalue weighted by Crippen LogP contribution is 2.34. The minimum atomic E-state index is -4.87. The van der Waals surface area contributed by atoms with E-state index in [1.54, 1.807) is 0 Å². The molecule has 2 rings (SSSR count). The summed E-state index contributed by atoms with van der Waals surface area (Å²) in [5.41, 5.74) is 7.80. The van der Waals surface area contributed by atoms with Gasteiger partial charge >= 0.3 is 12.3 Å². The molecule has 0 bridgehead atoms. The lowest BCUT2D eigenvalue weighted by molar-refractivity contribution is -0.274. The van der Waals surface area contributed by atoms with Crippen LogP contribution in [-0.4, -0.2) is 17.4 Å². The van der Waals surface area contributed by atoms with Crippen molar-refractivity contribution in [3.05, 3.63) is 59.1 Å². The van der Waals surface area contributed by atoms with Crippen LogP contribution in [0.1, 0.15) is 0 Å². The van der Waals surface area contributed by atoms with Crippen LogP contribution in [0.25, 0.3) is 11.1 Å². The number of aliphatic carboxylic acids is 1. The minimum absolute atomic E-state index is 0.186. The van der Waals surface area contributed by atoms with Crippen LogP contribution in [0.4, 0.5) is 13.2 Å². The maximum Gasteiger partial charge on any atom is 0.573 e. The van der Waals surface area contributed by atoms with E-state index in [1.165, 1.54) is 36.4 Å². The van der Waals surface area contributed by atoms with Gasteiger partial charge in [0.2, 0.25) is 5.88 Å². The molecular formula is C16H13ClF3N3O4. The molecular weight excluding hydrogens is 391 g/mol. The lowest BCUT2D eigenvalue weighted by Gasteiger charge is -2.12. The van der Waals surface area contributed by atoms with Gasteiger partial charge in [-0.25, -0.2) is 4.79 Å². The van der Waals surface area contributed by atoms with E-state index in [1.807, 2.05) is 5.43 Å². The van der Waals surface area contributed by atoms with Gasteiger partial charge in [-0.15, -0.1) is 13.2 Å². The molecule has 0 saturated heterocycles. The Morgan fingerprint density at radius 2 is 1.70 bits per heavy atom. The SMILES string of the molecule is NN/C(C(=O)O)=C(\N)Oc1ccc(-c2ccc(Cl)c(OC(F)(F)F)c2)cc1. The van der Waals surface area contributed by atoms with Crippen molar-refractivity contribution in [1.82, 2.24) is 5.43 Å². The zero-order valence-electron chi connectivity index (χ0n) is 13.4. The number of halogens is 4. The van der Waals surface area contributed by atoms with Crippen LogP contribution in [0, 0.1) is 0 Å². The summed E-state index contributed by atoms with van der Waals surface area (Å²) < 4.78 is 46.3. The number of ether oxygens (including phenoxy) is 2. The number of carbonyl (C=O) groups is 1. The Hall–Kier alpha value is -3.11. The zero-order chi connectivity index (χ0) is 20.2. The predicted molar refractivity (Wildman–Crippen MR) is 90.4 cm³/mol. The molecule has 0 saturated carbocycles. The number of carboxylic acids is 1. The van der Waals surface area contributed by atoms with Crippen LogP contribution in [0.5, 0.6) is 11.5 Å². The molecule has 0 spiro atoms. The highest BCUT2D eigenvalue weighted by molar-refractivity contribution is 6.32. The molecule has 0 aromatic heterocycles. The number of nitrogens with one attached hydrogen (secondary N) is 1. The first-order chi connectivity index (χ1) is 12.6. The third-order valence-corrected chi connectivity index (χ3v) is 3.49. The van der Waals surface area contributed by atoms with E-state index in [0.29, 0.717) is 11.1 Å². The average Bonchev–Trinajstić information content (AvgIpc) is 2.56. The first kappa shape index (κ1) is 20.2. The summed E-state index contributed by atoms with van der Waals surface area (Å²) in [6.45, 7) is 0. The third-order valence-electron chi connectivity index (χ3n) is 3.18. The summed E-state index contributed by atoms with van der Waals surface area (Å²) in [6.07, 6.45) is -4.87. The number of nitrogens with two attached hydrogens (primary N) is 2. The Morgan fingerprint density at radius 1 is 1.11 bits per heavy atom. The van der Waals surface area contributed by atoms with Gasteiger partial charge in [0.15, 0.2) is 5.70 Å². The number of alkyl halides is 3. The third kappa shape index (κ3) is 5.43. The van der Waals surface area contributed by atoms with Gasteiger partial charge in [-0.05, 0) is 35.4 Å². The summed E-state index contributed by atoms with van der Waals surface area (Å²) in [4.78, 5) is 10.9. The first-order valence-electron chi connectivity index (χ1n) is 7.14. The molecule has 0 unspecified atom stereocenters. The molecule has 27 heavy (non-hydrogen) atoms. The van der Waals surface area contributed by atoms with Crippen molar-refractivity contribution in [3.63, 3.8) is 0 Å². The topological polar surface area (TPSA) is 120 Å². The Labute approximate surface area is 155 Å². The van der Waals surface area contributed by atoms with E-state index in [9.17, 15) is 18.0 Å². The smallest absolute Gasteiger partial charge is 0.476 e. The van der Waals surface area contributed by atoms with Gasteiger partial charge in [0, 0.05) is 0 Å². The van der Waals surface area contributed by atoms with Crippen molar-refractivity contribution in [2.24, 2.45) is 11.6 Å². The lowest BCUT2D eigenvalue weighted by Crippen LogP contribution is -2.31. The largest absolute Gasteiger partial charge is 0.573 e. The van der Waals surface area contributed by atoms with Crippen molar-refractivity contribution in [3.8, 4) is 22.6 Å². The Bertz CT molecular complexity index is 870. The molecule has 0 aliphatic heterocycles. The van der Waals surface area contributed by atoms with Crippen molar-refractivity contribution >= 4 is 17.6 Å². The predicted octanol–water partition coefficient (Wildman–Crippen LogP) is 2.96. The molecule has 6 N–H and O–H groups in total. The second kappa shape index (κ2) is 8.06. The summed E-state index contributed by atoms with van der Waals surface area (Å²) in [6, 6.07) is 9.86. The number of hydrogen-bond acceptors (Lipinski definition) is 6. The molecule has 0 atom stereocenters. The second-order valence-electron chi connectivity index (χ2n) is 5.01. The molecule has 0 aliphatic carbocycles. The van der Waals surface area contributed by atoms with Crippen LogP contribution in [0.3, 0.4) is 0 Å². The molecule has 0 fully saturated rings. The maximum atomic E-state index is 12.4. The van der Waals surface area contributed by atoms with Crippen molar-refractivity contribution in [2.45, 2.75) is 6.36 Å². The fourth-order valence-electron chi connectivity index (χ4n) is 2.02. The van der Waals surface area contributed by atoms with Crippen LogP contribution in [0.2, 0.25) is 5.02 Å². The molecule has 0 amide bonds. The fourth-order valence-corrected chi connectivity index (χ4v) is 2.17. The minimum Gasteiger partial charge on any atom is -0.476 e. The summed E-state index contributed by atoms with van der Waals surface area (Å²) in [7, 11) is 0. The standard InChI is InChI=1S/C16H13ClF3N3O4/c17-11-6-3-9(7-12(11)27-16(18,19)20)8-1-4-10(5-2-8)26-14(21)13(23-22)15(24)25/h1-7,23H,21-22H2,(H,24,25)/b14-13+. The van der Waals surface area contributed by atoms with Gasteiger partial charge in [-0.1, -0.05) is 29.8 Å². The Balaban J connectivity index is 2.25. The highest BCUT2D eigenvalue weighted by atomic mass is 35.5. The van der Waals surface area contributed by atoms with Crippen molar-refractivity contribution < 1.29 is 32.5 Å². The van der Waals surface area contributed by atoms with E-state index < -0.39 is 29.7 Å². The van der Waals surface area contributed by atoms with E-state index >= 15 is 0 Å². The van der Waals surface area contributed by atoms with Crippen molar-refractivity contribution in [2.75, 3.05) is 0 Å². The molecule has 2 aromatic carbocycles. The number of hydrazine groups is 1. The maximum absolute atomic E-state index is 12.4. The normalized spacial score (nSPS) is 12.2. The van der Waals surface area contributed by atoms with Crippen molar-refractivity contribution in [1.29, 1.82) is 0 Å². The van der Waals surface area contributed by atoms with Gasteiger partial charge in [-0.2, -0.15) is 0 Å². The highest BCUT2D eigenvalue weighted by Gasteiger charge is 2.32. The molecule has 0 radical (unpaired) electrons. The van der Waals surface area contributed by atoms with E-state index in [4.69, 9.17) is 33.0 Å². The fraction of sp³-hybridized carbons (Fsp3) is 0.0625. The molecule has 0 aliphatic rings. The van der Waals surface area contributed by atoms with Gasteiger partial charge in [0.25, 0.3) is 0 Å². The Kier molecular flexibility index (Phi) is 6.03. The molecule has 144 valence electrons. The van der Waals surface area contributed by atoms with E-state index in [0.717, 1.165) is 6.07 Å². The first-order valence-corrected chi connectivity index (χ1v) is 7.51. The van der Waals surface area contributed by atoms with Crippen LogP contribution in [0.15, 0.2) is 54.0 Å². The summed E-state index contributed by atoms with van der Waals surface area (Å²) in [5.74, 6) is 2.82. The van der Waals surface area contributed by atoms with Gasteiger partial charge < -0.3 is 25.7 Å². The monoisotopic (exact) mass is 403 g/mol. The summed E-state index contributed by atoms with van der Waals surface area (Å²) in [5, 5.41) is 8.69. The lowest BCUT2D eigenvalue weighted by atomic mass is 10.1. The summed E-state index contributed by atoms with van der Waals surface area (Å²) >= 11 is 5.71. The number of carboxylic acid groups (broad SMARTS) is 1. The van der Waals surface area contributed by atoms with Gasteiger partial charge in [0.05, 0.1) is 5.02 Å². The van der Waals surface area contributed by atoms with Crippen LogP contribution in [-0.2, 0) is 4.79 Å². The van der Waals surface area contributed by atoms with Gasteiger partial charge in [0.1, 0.15) is 11.5 Å². The molecule has 0 heterocycles. The van der Waals surface area contributed by atoms with E-state index in [2.05, 4.69) is 4.74 Å². The van der Waals surface area contributed by atoms with E-state index in [-0.39, 0.29) is 10.8 Å². The quantitative estimate of drug-likeness (QED) is 0.253. The number of rotatable bonds is 6. The second-order valence-corrected chi connectivity index (χ2v) is 5.42. The molecule has 7 nitrogen and oxygen atoms in total. The van der Waals surface area contributed by atoms with Gasteiger partial charge in [-0.3, -0.25) is 5.84 Å².